The molecule has 6 nitrogen and oxygen atoms in total. The number of methoxy groups -OCH3 is 1. The molecule has 3 heterocycles. The SMILES string of the molecule is COC[C@H]1CCCN(C(=O)c2ccc(N3CCC(O)CC3)nc2)C1. The van der Waals surface area contributed by atoms with Gasteiger partial charge < -0.3 is 19.6 Å². The Kier molecular flexibility index (Phi) is 5.68. The Morgan fingerprint density at radius 2 is 2.08 bits per heavy atom. The zero-order chi connectivity index (χ0) is 16.9. The van der Waals surface area contributed by atoms with Crippen molar-refractivity contribution >= 4 is 11.7 Å². The number of carbonyl (C=O) groups excluding carboxylic acids is 1. The lowest BCUT2D eigenvalue weighted by molar-refractivity contribution is 0.0570. The Morgan fingerprint density at radius 1 is 1.29 bits per heavy atom. The second kappa shape index (κ2) is 7.94. The molecule has 0 bridgehead atoms. The lowest BCUT2D eigenvalue weighted by Crippen LogP contribution is -2.41. The minimum atomic E-state index is -0.193. The maximum absolute atomic E-state index is 12.7. The van der Waals surface area contributed by atoms with E-state index < -0.39 is 0 Å². The third-order valence-corrected chi connectivity index (χ3v) is 4.99. The molecule has 1 aromatic rings. The van der Waals surface area contributed by atoms with Crippen LogP contribution in [0.4, 0.5) is 5.82 Å². The molecular formula is C18H27N3O3. The molecule has 2 fully saturated rings. The second-order valence-electron chi connectivity index (χ2n) is 6.84. The summed E-state index contributed by atoms with van der Waals surface area (Å²) in [4.78, 5) is 21.2. The number of hydrogen-bond acceptors (Lipinski definition) is 5. The van der Waals surface area contributed by atoms with Gasteiger partial charge in [-0.25, -0.2) is 4.98 Å². The third-order valence-electron chi connectivity index (χ3n) is 4.99. The van der Waals surface area contributed by atoms with Crippen molar-refractivity contribution in [2.75, 3.05) is 44.8 Å². The molecule has 1 aromatic heterocycles. The van der Waals surface area contributed by atoms with Crippen LogP contribution in [0.1, 0.15) is 36.0 Å². The molecule has 0 spiro atoms. The van der Waals surface area contributed by atoms with Crippen LogP contribution in [-0.2, 0) is 4.74 Å². The molecule has 0 aliphatic carbocycles. The number of pyridine rings is 1. The van der Waals surface area contributed by atoms with Crippen molar-refractivity contribution in [3.63, 3.8) is 0 Å². The summed E-state index contributed by atoms with van der Waals surface area (Å²) in [6, 6.07) is 3.79. The number of aliphatic hydroxyl groups is 1. The van der Waals surface area contributed by atoms with E-state index in [1.54, 1.807) is 13.3 Å². The van der Waals surface area contributed by atoms with Crippen LogP contribution in [0.5, 0.6) is 0 Å². The summed E-state index contributed by atoms with van der Waals surface area (Å²) in [7, 11) is 1.71. The molecule has 6 heteroatoms. The highest BCUT2D eigenvalue weighted by Gasteiger charge is 2.25. The number of amides is 1. The molecule has 0 radical (unpaired) electrons. The van der Waals surface area contributed by atoms with E-state index in [1.165, 1.54) is 0 Å². The summed E-state index contributed by atoms with van der Waals surface area (Å²) in [6.45, 7) is 3.91. The molecule has 3 rings (SSSR count). The zero-order valence-corrected chi connectivity index (χ0v) is 14.4. The standard InChI is InChI=1S/C18H27N3O3/c1-24-13-14-3-2-8-21(12-14)18(23)15-4-5-17(19-11-15)20-9-6-16(22)7-10-20/h4-5,11,14,16,22H,2-3,6-10,12-13H2,1H3/t14-/m0/s1. The zero-order valence-electron chi connectivity index (χ0n) is 14.4. The number of likely N-dealkylation sites (tertiary alicyclic amines) is 1. The largest absolute Gasteiger partial charge is 0.393 e. The highest BCUT2D eigenvalue weighted by atomic mass is 16.5. The summed E-state index contributed by atoms with van der Waals surface area (Å²) >= 11 is 0. The molecular weight excluding hydrogens is 306 g/mol. The highest BCUT2D eigenvalue weighted by molar-refractivity contribution is 5.94. The van der Waals surface area contributed by atoms with E-state index in [4.69, 9.17) is 4.74 Å². The van der Waals surface area contributed by atoms with Gasteiger partial charge >= 0.3 is 0 Å². The fourth-order valence-corrected chi connectivity index (χ4v) is 3.60. The van der Waals surface area contributed by atoms with Gasteiger partial charge in [0.25, 0.3) is 5.91 Å². The Bertz CT molecular complexity index is 539. The Morgan fingerprint density at radius 3 is 2.75 bits per heavy atom. The normalized spacial score (nSPS) is 22.7. The molecule has 1 N–H and O–H groups in total. The van der Waals surface area contributed by atoms with E-state index in [9.17, 15) is 9.90 Å². The monoisotopic (exact) mass is 333 g/mol. The number of nitrogens with zero attached hydrogens (tertiary/aromatic N) is 3. The fourth-order valence-electron chi connectivity index (χ4n) is 3.60. The summed E-state index contributed by atoms with van der Waals surface area (Å²) in [5.41, 5.74) is 0.647. The predicted molar refractivity (Wildman–Crippen MR) is 92.2 cm³/mol. The van der Waals surface area contributed by atoms with Crippen LogP contribution in [-0.4, -0.2) is 66.9 Å². The number of aromatic nitrogens is 1. The number of hydrogen-bond donors (Lipinski definition) is 1. The van der Waals surface area contributed by atoms with Crippen LogP contribution < -0.4 is 4.90 Å². The molecule has 1 atom stereocenters. The molecule has 1 amide bonds. The molecule has 0 aromatic carbocycles. The summed E-state index contributed by atoms with van der Waals surface area (Å²) < 4.78 is 5.23. The summed E-state index contributed by atoms with van der Waals surface area (Å²) in [5.74, 6) is 1.37. The minimum Gasteiger partial charge on any atom is -0.393 e. The highest BCUT2D eigenvalue weighted by Crippen LogP contribution is 2.21. The van der Waals surface area contributed by atoms with Gasteiger partial charge in [-0.15, -0.1) is 0 Å². The van der Waals surface area contributed by atoms with Crippen LogP contribution in [0.15, 0.2) is 18.3 Å². The number of rotatable bonds is 4. The van der Waals surface area contributed by atoms with Crippen molar-refractivity contribution in [3.05, 3.63) is 23.9 Å². The molecule has 2 aliphatic rings. The molecule has 2 saturated heterocycles. The van der Waals surface area contributed by atoms with Crippen LogP contribution in [0, 0.1) is 5.92 Å². The minimum absolute atomic E-state index is 0.0592. The quantitative estimate of drug-likeness (QED) is 0.905. The molecule has 24 heavy (non-hydrogen) atoms. The van der Waals surface area contributed by atoms with Crippen LogP contribution in [0.25, 0.3) is 0 Å². The first-order valence-electron chi connectivity index (χ1n) is 8.84. The van der Waals surface area contributed by atoms with Gasteiger partial charge in [0.15, 0.2) is 0 Å². The first kappa shape index (κ1) is 17.2. The van der Waals surface area contributed by atoms with Crippen molar-refractivity contribution in [1.82, 2.24) is 9.88 Å². The van der Waals surface area contributed by atoms with E-state index in [1.807, 2.05) is 17.0 Å². The summed E-state index contributed by atoms with van der Waals surface area (Å²) in [5, 5.41) is 9.59. The Labute approximate surface area is 143 Å². The maximum atomic E-state index is 12.7. The average molecular weight is 333 g/mol. The van der Waals surface area contributed by atoms with Gasteiger partial charge in [0.05, 0.1) is 18.3 Å². The van der Waals surface area contributed by atoms with E-state index in [0.29, 0.717) is 18.1 Å². The Hall–Kier alpha value is -1.66. The Balaban J connectivity index is 1.61. The molecule has 2 aliphatic heterocycles. The van der Waals surface area contributed by atoms with Crippen molar-refractivity contribution in [2.45, 2.75) is 31.8 Å². The number of aliphatic hydroxyl groups excluding tert-OH is 1. The number of ether oxygens (including phenoxy) is 1. The lowest BCUT2D eigenvalue weighted by atomic mass is 9.98. The van der Waals surface area contributed by atoms with Crippen molar-refractivity contribution in [2.24, 2.45) is 5.92 Å². The van der Waals surface area contributed by atoms with Crippen molar-refractivity contribution in [3.8, 4) is 0 Å². The van der Waals surface area contributed by atoms with Gasteiger partial charge in [0, 0.05) is 39.5 Å². The van der Waals surface area contributed by atoms with Crippen molar-refractivity contribution < 1.29 is 14.6 Å². The number of carbonyl (C=O) groups is 1. The maximum Gasteiger partial charge on any atom is 0.255 e. The topological polar surface area (TPSA) is 65.9 Å². The lowest BCUT2D eigenvalue weighted by Gasteiger charge is -2.33. The van der Waals surface area contributed by atoms with E-state index in [2.05, 4.69) is 9.88 Å². The molecule has 0 saturated carbocycles. The fraction of sp³-hybridized carbons (Fsp3) is 0.667. The second-order valence-corrected chi connectivity index (χ2v) is 6.84. The van der Waals surface area contributed by atoms with Gasteiger partial charge in [-0.1, -0.05) is 0 Å². The predicted octanol–water partition coefficient (Wildman–Crippen LogP) is 1.54. The number of piperidine rings is 2. The third kappa shape index (κ3) is 4.05. The van der Waals surface area contributed by atoms with Crippen molar-refractivity contribution in [1.29, 1.82) is 0 Å². The van der Waals surface area contributed by atoms with E-state index in [-0.39, 0.29) is 12.0 Å². The van der Waals surface area contributed by atoms with E-state index in [0.717, 1.165) is 57.7 Å². The van der Waals surface area contributed by atoms with Crippen LogP contribution in [0.3, 0.4) is 0 Å². The van der Waals surface area contributed by atoms with Crippen LogP contribution >= 0.6 is 0 Å². The van der Waals surface area contributed by atoms with Gasteiger partial charge in [0.2, 0.25) is 0 Å². The number of anilines is 1. The van der Waals surface area contributed by atoms with Crippen LogP contribution in [0.2, 0.25) is 0 Å². The average Bonchev–Trinajstić information content (AvgIpc) is 2.62. The van der Waals surface area contributed by atoms with Gasteiger partial charge in [-0.05, 0) is 43.7 Å². The summed E-state index contributed by atoms with van der Waals surface area (Å²) in [6.07, 6.45) is 5.19. The first-order valence-corrected chi connectivity index (χ1v) is 8.84. The van der Waals surface area contributed by atoms with Gasteiger partial charge in [-0.3, -0.25) is 4.79 Å². The smallest absolute Gasteiger partial charge is 0.255 e. The first-order chi connectivity index (χ1) is 11.7. The molecule has 132 valence electrons. The van der Waals surface area contributed by atoms with E-state index >= 15 is 0 Å². The molecule has 0 unspecified atom stereocenters. The van der Waals surface area contributed by atoms with Gasteiger partial charge in [-0.2, -0.15) is 0 Å². The van der Waals surface area contributed by atoms with Gasteiger partial charge in [0.1, 0.15) is 5.82 Å².